The second kappa shape index (κ2) is 5.22. The molecule has 0 fully saturated rings. The van der Waals surface area contributed by atoms with Crippen LogP contribution in [-0.2, 0) is 0 Å². The Kier molecular flexibility index (Phi) is 3.68. The van der Waals surface area contributed by atoms with E-state index in [2.05, 4.69) is 6.07 Å². The van der Waals surface area contributed by atoms with Crippen molar-refractivity contribution >= 4 is 22.5 Å². The largest absolute Gasteiger partial charge is 0.395 e. The highest BCUT2D eigenvalue weighted by Crippen LogP contribution is 2.32. The van der Waals surface area contributed by atoms with Gasteiger partial charge in [0.25, 0.3) is 0 Å². The molecular formula is C14H13NOS. The van der Waals surface area contributed by atoms with Crippen molar-refractivity contribution in [1.82, 2.24) is 0 Å². The molecule has 86 valence electrons. The van der Waals surface area contributed by atoms with Crippen LogP contribution in [-0.4, -0.2) is 17.0 Å². The maximum atomic E-state index is 9.10. The van der Waals surface area contributed by atoms with Crippen molar-refractivity contribution in [3.05, 3.63) is 42.0 Å². The SMILES string of the molecule is CC(CO)Sc1ccc(C#N)c2ccccc12. The molecular weight excluding hydrogens is 230 g/mol. The minimum atomic E-state index is 0.152. The van der Waals surface area contributed by atoms with Gasteiger partial charge in [0.2, 0.25) is 0 Å². The average molecular weight is 243 g/mol. The topological polar surface area (TPSA) is 44.0 Å². The molecule has 1 N–H and O–H groups in total. The van der Waals surface area contributed by atoms with Gasteiger partial charge in [-0.1, -0.05) is 31.2 Å². The molecule has 0 heterocycles. The van der Waals surface area contributed by atoms with E-state index < -0.39 is 0 Å². The Morgan fingerprint density at radius 3 is 2.59 bits per heavy atom. The highest BCUT2D eigenvalue weighted by atomic mass is 32.2. The van der Waals surface area contributed by atoms with Crippen LogP contribution < -0.4 is 0 Å². The van der Waals surface area contributed by atoms with E-state index in [4.69, 9.17) is 10.4 Å². The van der Waals surface area contributed by atoms with Crippen LogP contribution in [0.25, 0.3) is 10.8 Å². The van der Waals surface area contributed by atoms with E-state index in [0.717, 1.165) is 15.7 Å². The number of aliphatic hydroxyl groups is 1. The highest BCUT2D eigenvalue weighted by Gasteiger charge is 2.08. The molecule has 0 aliphatic rings. The lowest BCUT2D eigenvalue weighted by molar-refractivity contribution is 0.300. The van der Waals surface area contributed by atoms with Gasteiger partial charge >= 0.3 is 0 Å². The van der Waals surface area contributed by atoms with E-state index in [-0.39, 0.29) is 11.9 Å². The number of benzene rings is 2. The third-order valence-electron chi connectivity index (χ3n) is 2.59. The van der Waals surface area contributed by atoms with E-state index in [0.29, 0.717) is 5.56 Å². The quantitative estimate of drug-likeness (QED) is 0.842. The Morgan fingerprint density at radius 1 is 1.24 bits per heavy atom. The third kappa shape index (κ3) is 2.44. The molecule has 0 aliphatic carbocycles. The van der Waals surface area contributed by atoms with Crippen molar-refractivity contribution in [2.45, 2.75) is 17.1 Å². The van der Waals surface area contributed by atoms with Gasteiger partial charge in [0.15, 0.2) is 0 Å². The predicted octanol–water partition coefficient (Wildman–Crippen LogP) is 3.18. The molecule has 0 radical (unpaired) electrons. The minimum Gasteiger partial charge on any atom is -0.395 e. The molecule has 1 atom stereocenters. The van der Waals surface area contributed by atoms with Crippen LogP contribution in [0.2, 0.25) is 0 Å². The second-order valence-corrected chi connectivity index (χ2v) is 5.36. The molecule has 0 aromatic heterocycles. The molecule has 2 rings (SSSR count). The van der Waals surface area contributed by atoms with Gasteiger partial charge in [0, 0.05) is 15.5 Å². The summed E-state index contributed by atoms with van der Waals surface area (Å²) in [5.74, 6) is 0. The first-order valence-corrected chi connectivity index (χ1v) is 6.33. The molecule has 0 saturated heterocycles. The fraction of sp³-hybridized carbons (Fsp3) is 0.214. The molecule has 0 saturated carbocycles. The van der Waals surface area contributed by atoms with Crippen LogP contribution in [0.3, 0.4) is 0 Å². The Balaban J connectivity index is 2.55. The Morgan fingerprint density at radius 2 is 1.94 bits per heavy atom. The number of aliphatic hydroxyl groups excluding tert-OH is 1. The lowest BCUT2D eigenvalue weighted by Gasteiger charge is -2.11. The number of hydrogen-bond acceptors (Lipinski definition) is 3. The molecule has 2 nitrogen and oxygen atoms in total. The summed E-state index contributed by atoms with van der Waals surface area (Å²) >= 11 is 1.63. The Hall–Kier alpha value is -1.50. The van der Waals surface area contributed by atoms with Gasteiger partial charge < -0.3 is 5.11 Å². The summed E-state index contributed by atoms with van der Waals surface area (Å²) in [6, 6.07) is 13.9. The molecule has 0 bridgehead atoms. The lowest BCUT2D eigenvalue weighted by atomic mass is 10.1. The standard InChI is InChI=1S/C14H13NOS/c1-10(9-16)17-14-7-6-11(8-15)12-4-2-3-5-13(12)14/h2-7,10,16H,9H2,1H3. The molecule has 1 unspecified atom stereocenters. The first-order valence-electron chi connectivity index (χ1n) is 5.45. The van der Waals surface area contributed by atoms with Gasteiger partial charge in [-0.3, -0.25) is 0 Å². The van der Waals surface area contributed by atoms with Crippen molar-refractivity contribution in [2.24, 2.45) is 0 Å². The lowest BCUT2D eigenvalue weighted by Crippen LogP contribution is -2.01. The fourth-order valence-corrected chi connectivity index (χ4v) is 2.69. The van der Waals surface area contributed by atoms with E-state index >= 15 is 0 Å². The van der Waals surface area contributed by atoms with E-state index in [1.807, 2.05) is 43.3 Å². The highest BCUT2D eigenvalue weighted by molar-refractivity contribution is 8.00. The normalized spacial score (nSPS) is 12.3. The van der Waals surface area contributed by atoms with Crippen LogP contribution in [0, 0.1) is 11.3 Å². The zero-order valence-corrected chi connectivity index (χ0v) is 10.4. The van der Waals surface area contributed by atoms with Gasteiger partial charge in [-0.05, 0) is 17.5 Å². The number of thioether (sulfide) groups is 1. The van der Waals surface area contributed by atoms with Gasteiger partial charge in [-0.25, -0.2) is 0 Å². The van der Waals surface area contributed by atoms with Crippen LogP contribution in [0.15, 0.2) is 41.3 Å². The van der Waals surface area contributed by atoms with Gasteiger partial charge in [-0.2, -0.15) is 5.26 Å². The summed E-state index contributed by atoms with van der Waals surface area (Å²) in [5.41, 5.74) is 0.696. The Bertz CT molecular complexity index is 574. The summed E-state index contributed by atoms with van der Waals surface area (Å²) in [6.45, 7) is 2.14. The zero-order valence-electron chi connectivity index (χ0n) is 9.55. The van der Waals surface area contributed by atoms with E-state index in [1.165, 1.54) is 0 Å². The fourth-order valence-electron chi connectivity index (χ4n) is 1.73. The maximum Gasteiger partial charge on any atom is 0.0998 e. The van der Waals surface area contributed by atoms with Crippen molar-refractivity contribution in [2.75, 3.05) is 6.61 Å². The van der Waals surface area contributed by atoms with Gasteiger partial charge in [-0.15, -0.1) is 11.8 Å². The van der Waals surface area contributed by atoms with Crippen molar-refractivity contribution in [1.29, 1.82) is 5.26 Å². The summed E-state index contributed by atoms with van der Waals surface area (Å²) < 4.78 is 0. The minimum absolute atomic E-state index is 0.152. The first-order chi connectivity index (χ1) is 8.26. The van der Waals surface area contributed by atoms with Gasteiger partial charge in [0.05, 0.1) is 18.2 Å². The van der Waals surface area contributed by atoms with Crippen molar-refractivity contribution in [3.8, 4) is 6.07 Å². The molecule has 0 amide bonds. The zero-order chi connectivity index (χ0) is 12.3. The molecule has 0 aliphatic heterocycles. The summed E-state index contributed by atoms with van der Waals surface area (Å²) in [4.78, 5) is 1.11. The number of nitriles is 1. The monoisotopic (exact) mass is 243 g/mol. The third-order valence-corrected chi connectivity index (χ3v) is 3.75. The predicted molar refractivity (Wildman–Crippen MR) is 71.1 cm³/mol. The number of rotatable bonds is 3. The average Bonchev–Trinajstić information content (AvgIpc) is 2.39. The van der Waals surface area contributed by atoms with Crippen LogP contribution in [0.1, 0.15) is 12.5 Å². The summed E-state index contributed by atoms with van der Waals surface area (Å²) in [6.07, 6.45) is 0. The summed E-state index contributed by atoms with van der Waals surface area (Å²) in [7, 11) is 0. The maximum absolute atomic E-state index is 9.10. The molecule has 3 heteroatoms. The number of hydrogen-bond donors (Lipinski definition) is 1. The molecule has 2 aromatic carbocycles. The first kappa shape index (κ1) is 12.0. The second-order valence-electron chi connectivity index (χ2n) is 3.88. The summed E-state index contributed by atoms with van der Waals surface area (Å²) in [5, 5.41) is 20.4. The number of fused-ring (bicyclic) bond motifs is 1. The molecule has 0 spiro atoms. The van der Waals surface area contributed by atoms with Crippen LogP contribution in [0.4, 0.5) is 0 Å². The van der Waals surface area contributed by atoms with Crippen LogP contribution >= 0.6 is 11.8 Å². The van der Waals surface area contributed by atoms with Crippen molar-refractivity contribution in [3.63, 3.8) is 0 Å². The Labute approximate surface area is 105 Å². The smallest absolute Gasteiger partial charge is 0.0998 e. The van der Waals surface area contributed by atoms with E-state index in [1.54, 1.807) is 11.8 Å². The number of nitrogens with zero attached hydrogens (tertiary/aromatic N) is 1. The van der Waals surface area contributed by atoms with E-state index in [9.17, 15) is 0 Å². The van der Waals surface area contributed by atoms with Crippen LogP contribution in [0.5, 0.6) is 0 Å². The van der Waals surface area contributed by atoms with Crippen molar-refractivity contribution < 1.29 is 5.11 Å². The molecule has 17 heavy (non-hydrogen) atoms. The molecule has 2 aromatic rings. The van der Waals surface area contributed by atoms with Gasteiger partial charge in [0.1, 0.15) is 0 Å².